The van der Waals surface area contributed by atoms with Crippen molar-refractivity contribution >= 4 is 18.4 Å². The molecule has 0 unspecified atom stereocenters. The SMILES string of the molecule is Cl.O=C(O)[C@@H]1CCCN1Cc1ccco1. The average Bonchev–Trinajstić information content (AvgIpc) is 2.75. The molecule has 1 aromatic heterocycles. The van der Waals surface area contributed by atoms with Crippen LogP contribution in [0.25, 0.3) is 0 Å². The average molecular weight is 232 g/mol. The number of nitrogens with zero attached hydrogens (tertiary/aromatic N) is 1. The lowest BCUT2D eigenvalue weighted by atomic mass is 10.2. The number of carboxylic acid groups (broad SMARTS) is 1. The molecule has 0 amide bonds. The number of carbonyl (C=O) groups is 1. The quantitative estimate of drug-likeness (QED) is 0.861. The summed E-state index contributed by atoms with van der Waals surface area (Å²) in [7, 11) is 0. The van der Waals surface area contributed by atoms with Crippen LogP contribution in [0.15, 0.2) is 22.8 Å². The van der Waals surface area contributed by atoms with Crippen molar-refractivity contribution in [1.29, 1.82) is 0 Å². The zero-order valence-corrected chi connectivity index (χ0v) is 9.07. The number of rotatable bonds is 3. The normalized spacial score (nSPS) is 21.2. The summed E-state index contributed by atoms with van der Waals surface area (Å²) in [5.74, 6) is 0.104. The van der Waals surface area contributed by atoms with Gasteiger partial charge in [0.2, 0.25) is 0 Å². The van der Waals surface area contributed by atoms with E-state index in [2.05, 4.69) is 0 Å². The summed E-state index contributed by atoms with van der Waals surface area (Å²) in [4.78, 5) is 12.8. The lowest BCUT2D eigenvalue weighted by Gasteiger charge is -2.19. The molecule has 0 aromatic carbocycles. The van der Waals surface area contributed by atoms with Crippen LogP contribution in [0.5, 0.6) is 0 Å². The Kier molecular flexibility index (Phi) is 4.17. The molecule has 0 radical (unpaired) electrons. The molecule has 0 saturated carbocycles. The van der Waals surface area contributed by atoms with E-state index in [9.17, 15) is 4.79 Å². The predicted octanol–water partition coefficient (Wildman–Crippen LogP) is 1.75. The molecule has 0 spiro atoms. The van der Waals surface area contributed by atoms with Gasteiger partial charge in [-0.15, -0.1) is 12.4 Å². The molecule has 5 heteroatoms. The van der Waals surface area contributed by atoms with E-state index in [0.29, 0.717) is 6.54 Å². The fourth-order valence-electron chi connectivity index (χ4n) is 1.90. The smallest absolute Gasteiger partial charge is 0.320 e. The van der Waals surface area contributed by atoms with Crippen LogP contribution in [0, 0.1) is 0 Å². The van der Waals surface area contributed by atoms with Gasteiger partial charge in [-0.25, -0.2) is 0 Å². The topological polar surface area (TPSA) is 53.7 Å². The summed E-state index contributed by atoms with van der Waals surface area (Å²) < 4.78 is 5.19. The summed E-state index contributed by atoms with van der Waals surface area (Å²) >= 11 is 0. The molecule has 1 saturated heterocycles. The second kappa shape index (κ2) is 5.19. The molecule has 2 heterocycles. The zero-order chi connectivity index (χ0) is 9.97. The number of carboxylic acids is 1. The molecule has 1 N–H and O–H groups in total. The van der Waals surface area contributed by atoms with Gasteiger partial charge < -0.3 is 9.52 Å². The lowest BCUT2D eigenvalue weighted by Crippen LogP contribution is -2.35. The summed E-state index contributed by atoms with van der Waals surface area (Å²) in [6, 6.07) is 3.36. The minimum Gasteiger partial charge on any atom is -0.480 e. The summed E-state index contributed by atoms with van der Waals surface area (Å²) in [6.07, 6.45) is 3.31. The zero-order valence-electron chi connectivity index (χ0n) is 8.26. The molecular weight excluding hydrogens is 218 g/mol. The molecule has 84 valence electrons. The standard InChI is InChI=1S/C10H13NO3.ClH/c12-10(13)9-4-1-5-11(9)7-8-3-2-6-14-8;/h2-3,6,9H,1,4-5,7H2,(H,12,13);1H/t9-;/m0./s1. The molecule has 1 fully saturated rings. The number of halogens is 1. The number of aliphatic carboxylic acids is 1. The Balaban J connectivity index is 0.00000112. The minimum absolute atomic E-state index is 0. The van der Waals surface area contributed by atoms with E-state index in [1.54, 1.807) is 6.26 Å². The minimum atomic E-state index is -0.728. The maximum Gasteiger partial charge on any atom is 0.320 e. The van der Waals surface area contributed by atoms with Gasteiger partial charge >= 0.3 is 5.97 Å². The Labute approximate surface area is 94.3 Å². The lowest BCUT2D eigenvalue weighted by molar-refractivity contribution is -0.142. The third-order valence-corrected chi connectivity index (χ3v) is 2.59. The Morgan fingerprint density at radius 1 is 1.67 bits per heavy atom. The fraction of sp³-hybridized carbons (Fsp3) is 0.500. The van der Waals surface area contributed by atoms with Gasteiger partial charge in [-0.3, -0.25) is 9.69 Å². The van der Waals surface area contributed by atoms with Crippen molar-refractivity contribution in [2.24, 2.45) is 0 Å². The Bertz CT molecular complexity index is 312. The maximum atomic E-state index is 10.9. The highest BCUT2D eigenvalue weighted by molar-refractivity contribution is 5.85. The van der Waals surface area contributed by atoms with Crippen LogP contribution in [0.3, 0.4) is 0 Å². The van der Waals surface area contributed by atoms with Crippen LogP contribution in [-0.4, -0.2) is 28.6 Å². The van der Waals surface area contributed by atoms with Gasteiger partial charge in [-0.05, 0) is 31.5 Å². The number of hydrogen-bond donors (Lipinski definition) is 1. The van der Waals surface area contributed by atoms with Crippen LogP contribution in [0.1, 0.15) is 18.6 Å². The first-order chi connectivity index (χ1) is 6.77. The Hall–Kier alpha value is -1.00. The molecule has 0 aliphatic carbocycles. The van der Waals surface area contributed by atoms with E-state index in [1.807, 2.05) is 17.0 Å². The predicted molar refractivity (Wildman–Crippen MR) is 57.0 cm³/mol. The fourth-order valence-corrected chi connectivity index (χ4v) is 1.90. The van der Waals surface area contributed by atoms with E-state index in [0.717, 1.165) is 25.1 Å². The summed E-state index contributed by atoms with van der Waals surface area (Å²) in [5, 5.41) is 8.94. The molecule has 1 atom stereocenters. The number of hydrogen-bond acceptors (Lipinski definition) is 3. The summed E-state index contributed by atoms with van der Waals surface area (Å²) in [6.45, 7) is 1.45. The van der Waals surface area contributed by atoms with Crippen molar-refractivity contribution in [1.82, 2.24) is 4.90 Å². The van der Waals surface area contributed by atoms with Crippen molar-refractivity contribution in [2.45, 2.75) is 25.4 Å². The highest BCUT2D eigenvalue weighted by atomic mass is 35.5. The van der Waals surface area contributed by atoms with Gasteiger partial charge in [-0.2, -0.15) is 0 Å². The Morgan fingerprint density at radius 3 is 3.07 bits per heavy atom. The molecule has 15 heavy (non-hydrogen) atoms. The first-order valence-electron chi connectivity index (χ1n) is 4.76. The number of likely N-dealkylation sites (tertiary alicyclic amines) is 1. The number of furan rings is 1. The first-order valence-corrected chi connectivity index (χ1v) is 4.76. The van der Waals surface area contributed by atoms with Crippen LogP contribution in [-0.2, 0) is 11.3 Å². The van der Waals surface area contributed by atoms with Crippen LogP contribution in [0.2, 0.25) is 0 Å². The maximum absolute atomic E-state index is 10.9. The molecule has 1 aliphatic rings. The highest BCUT2D eigenvalue weighted by Crippen LogP contribution is 2.20. The van der Waals surface area contributed by atoms with Gasteiger partial charge in [0.1, 0.15) is 11.8 Å². The van der Waals surface area contributed by atoms with E-state index in [4.69, 9.17) is 9.52 Å². The van der Waals surface area contributed by atoms with Gasteiger partial charge in [-0.1, -0.05) is 0 Å². The third kappa shape index (κ3) is 2.73. The van der Waals surface area contributed by atoms with E-state index >= 15 is 0 Å². The molecule has 2 rings (SSSR count). The van der Waals surface area contributed by atoms with Gasteiger partial charge in [0.05, 0.1) is 12.8 Å². The van der Waals surface area contributed by atoms with Crippen LogP contribution in [0.4, 0.5) is 0 Å². The van der Waals surface area contributed by atoms with E-state index in [1.165, 1.54) is 0 Å². The summed E-state index contributed by atoms with van der Waals surface area (Å²) in [5.41, 5.74) is 0. The van der Waals surface area contributed by atoms with Crippen molar-refractivity contribution in [3.05, 3.63) is 24.2 Å². The second-order valence-corrected chi connectivity index (χ2v) is 3.55. The molecular formula is C10H14ClNO3. The monoisotopic (exact) mass is 231 g/mol. The first kappa shape index (κ1) is 12.1. The second-order valence-electron chi connectivity index (χ2n) is 3.55. The van der Waals surface area contributed by atoms with Crippen molar-refractivity contribution in [2.75, 3.05) is 6.54 Å². The van der Waals surface area contributed by atoms with Gasteiger partial charge in [0, 0.05) is 0 Å². The largest absolute Gasteiger partial charge is 0.480 e. The van der Waals surface area contributed by atoms with Crippen molar-refractivity contribution < 1.29 is 14.3 Å². The van der Waals surface area contributed by atoms with Crippen LogP contribution < -0.4 is 0 Å². The van der Waals surface area contributed by atoms with E-state index in [-0.39, 0.29) is 18.4 Å². The van der Waals surface area contributed by atoms with Crippen molar-refractivity contribution in [3.8, 4) is 0 Å². The molecule has 1 aliphatic heterocycles. The van der Waals surface area contributed by atoms with Crippen molar-refractivity contribution in [3.63, 3.8) is 0 Å². The molecule has 1 aromatic rings. The molecule has 0 bridgehead atoms. The Morgan fingerprint density at radius 2 is 2.47 bits per heavy atom. The third-order valence-electron chi connectivity index (χ3n) is 2.59. The molecule has 4 nitrogen and oxygen atoms in total. The van der Waals surface area contributed by atoms with Gasteiger partial charge in [0.15, 0.2) is 0 Å². The highest BCUT2D eigenvalue weighted by Gasteiger charge is 2.30. The van der Waals surface area contributed by atoms with E-state index < -0.39 is 5.97 Å². The van der Waals surface area contributed by atoms with Gasteiger partial charge in [0.25, 0.3) is 0 Å². The van der Waals surface area contributed by atoms with Crippen LogP contribution >= 0.6 is 12.4 Å².